The van der Waals surface area contributed by atoms with E-state index in [-0.39, 0.29) is 11.7 Å². The largest absolute Gasteiger partial charge is 0.478 e. The normalized spacial score (nSPS) is 10.5. The fourth-order valence-electron chi connectivity index (χ4n) is 1.13. The van der Waals surface area contributed by atoms with Gasteiger partial charge < -0.3 is 10.4 Å². The van der Waals surface area contributed by atoms with Crippen molar-refractivity contribution >= 4 is 11.7 Å². The van der Waals surface area contributed by atoms with Crippen molar-refractivity contribution in [2.45, 2.75) is 19.9 Å². The Balaban J connectivity index is 3.17. The number of aromatic carboxylic acids is 1. The number of benzene rings is 1. The third kappa shape index (κ3) is 2.65. The molecule has 5 heteroatoms. The second-order valence-corrected chi connectivity index (χ2v) is 3.42. The van der Waals surface area contributed by atoms with Gasteiger partial charge in [-0.25, -0.2) is 13.6 Å². The monoisotopic (exact) mass is 215 g/mol. The van der Waals surface area contributed by atoms with E-state index in [1.54, 1.807) is 13.8 Å². The van der Waals surface area contributed by atoms with Crippen molar-refractivity contribution in [2.75, 3.05) is 5.32 Å². The summed E-state index contributed by atoms with van der Waals surface area (Å²) in [7, 11) is 0. The Morgan fingerprint density at radius 3 is 2.40 bits per heavy atom. The Morgan fingerprint density at radius 2 is 1.93 bits per heavy atom. The molecule has 0 aliphatic heterocycles. The molecular formula is C10H11F2NO2. The van der Waals surface area contributed by atoms with Crippen LogP contribution in [0.2, 0.25) is 0 Å². The quantitative estimate of drug-likeness (QED) is 0.814. The van der Waals surface area contributed by atoms with Crippen molar-refractivity contribution in [1.82, 2.24) is 0 Å². The minimum Gasteiger partial charge on any atom is -0.478 e. The summed E-state index contributed by atoms with van der Waals surface area (Å²) in [6.45, 7) is 3.53. The van der Waals surface area contributed by atoms with Crippen LogP contribution in [0.15, 0.2) is 12.1 Å². The summed E-state index contributed by atoms with van der Waals surface area (Å²) >= 11 is 0. The smallest absolute Gasteiger partial charge is 0.338 e. The van der Waals surface area contributed by atoms with Crippen LogP contribution in [-0.2, 0) is 0 Å². The van der Waals surface area contributed by atoms with E-state index >= 15 is 0 Å². The van der Waals surface area contributed by atoms with Gasteiger partial charge in [-0.3, -0.25) is 0 Å². The van der Waals surface area contributed by atoms with Gasteiger partial charge in [0.2, 0.25) is 0 Å². The number of carbonyl (C=O) groups is 1. The molecular weight excluding hydrogens is 204 g/mol. The minimum absolute atomic E-state index is 0.0104. The standard InChI is InChI=1S/C10H11F2NO2/c1-5(2)13-9-3-6(10(14)15)7(11)4-8(9)12/h3-5,13H,1-2H3,(H,14,15). The summed E-state index contributed by atoms with van der Waals surface area (Å²) in [6.07, 6.45) is 0. The molecule has 0 bridgehead atoms. The zero-order valence-corrected chi connectivity index (χ0v) is 8.34. The molecule has 0 saturated heterocycles. The highest BCUT2D eigenvalue weighted by Crippen LogP contribution is 2.20. The Labute approximate surface area is 85.7 Å². The van der Waals surface area contributed by atoms with Gasteiger partial charge in [0.1, 0.15) is 11.6 Å². The van der Waals surface area contributed by atoms with Crippen LogP contribution in [0, 0.1) is 11.6 Å². The maximum Gasteiger partial charge on any atom is 0.338 e. The average Bonchev–Trinajstić information content (AvgIpc) is 2.08. The Bertz CT molecular complexity index is 391. The van der Waals surface area contributed by atoms with Crippen molar-refractivity contribution in [3.8, 4) is 0 Å². The van der Waals surface area contributed by atoms with E-state index in [1.807, 2.05) is 0 Å². The maximum atomic E-state index is 13.2. The van der Waals surface area contributed by atoms with Gasteiger partial charge in [-0.15, -0.1) is 0 Å². The van der Waals surface area contributed by atoms with Crippen LogP contribution in [0.1, 0.15) is 24.2 Å². The van der Waals surface area contributed by atoms with Gasteiger partial charge in [0, 0.05) is 12.1 Å². The highest BCUT2D eigenvalue weighted by atomic mass is 19.1. The molecule has 0 unspecified atom stereocenters. The van der Waals surface area contributed by atoms with Crippen LogP contribution in [0.3, 0.4) is 0 Å². The number of anilines is 1. The van der Waals surface area contributed by atoms with Gasteiger partial charge in [0.25, 0.3) is 0 Å². The van der Waals surface area contributed by atoms with E-state index in [2.05, 4.69) is 5.32 Å². The summed E-state index contributed by atoms with van der Waals surface area (Å²) in [4.78, 5) is 10.6. The van der Waals surface area contributed by atoms with Gasteiger partial charge >= 0.3 is 5.97 Å². The predicted octanol–water partition coefficient (Wildman–Crippen LogP) is 2.48. The topological polar surface area (TPSA) is 49.3 Å². The van der Waals surface area contributed by atoms with Crippen LogP contribution in [0.25, 0.3) is 0 Å². The van der Waals surface area contributed by atoms with Crippen LogP contribution in [-0.4, -0.2) is 17.1 Å². The summed E-state index contributed by atoms with van der Waals surface area (Å²) in [5, 5.41) is 11.3. The number of carboxylic acids is 1. The highest BCUT2D eigenvalue weighted by Gasteiger charge is 2.15. The first kappa shape index (κ1) is 11.4. The molecule has 1 aromatic carbocycles. The Kier molecular flexibility index (Phi) is 3.24. The van der Waals surface area contributed by atoms with Crippen molar-refractivity contribution in [3.63, 3.8) is 0 Å². The first-order valence-electron chi connectivity index (χ1n) is 4.40. The minimum atomic E-state index is -1.42. The molecule has 0 amide bonds. The summed E-state index contributed by atoms with van der Waals surface area (Å²) < 4.78 is 26.1. The van der Waals surface area contributed by atoms with E-state index in [1.165, 1.54) is 0 Å². The molecule has 0 fully saturated rings. The van der Waals surface area contributed by atoms with Crippen molar-refractivity contribution in [2.24, 2.45) is 0 Å². The molecule has 0 aliphatic carbocycles. The second-order valence-electron chi connectivity index (χ2n) is 3.42. The average molecular weight is 215 g/mol. The molecule has 0 aromatic heterocycles. The molecule has 15 heavy (non-hydrogen) atoms. The maximum absolute atomic E-state index is 13.2. The zero-order chi connectivity index (χ0) is 11.6. The third-order valence-corrected chi connectivity index (χ3v) is 1.73. The first-order chi connectivity index (χ1) is 6.91. The summed E-state index contributed by atoms with van der Waals surface area (Å²) in [6, 6.07) is 1.45. The number of halogens is 2. The number of hydrogen-bond donors (Lipinski definition) is 2. The third-order valence-electron chi connectivity index (χ3n) is 1.73. The van der Waals surface area contributed by atoms with Crippen molar-refractivity contribution in [3.05, 3.63) is 29.3 Å². The molecule has 0 spiro atoms. The SMILES string of the molecule is CC(C)Nc1cc(C(=O)O)c(F)cc1F. The number of rotatable bonds is 3. The molecule has 0 radical (unpaired) electrons. The van der Waals surface area contributed by atoms with Crippen LogP contribution in [0.4, 0.5) is 14.5 Å². The van der Waals surface area contributed by atoms with E-state index in [4.69, 9.17) is 5.11 Å². The molecule has 82 valence electrons. The van der Waals surface area contributed by atoms with Crippen LogP contribution >= 0.6 is 0 Å². The van der Waals surface area contributed by atoms with E-state index < -0.39 is 23.2 Å². The van der Waals surface area contributed by atoms with Gasteiger partial charge in [-0.05, 0) is 19.9 Å². The molecule has 2 N–H and O–H groups in total. The van der Waals surface area contributed by atoms with Gasteiger partial charge in [0.15, 0.2) is 0 Å². The lowest BCUT2D eigenvalue weighted by Gasteiger charge is -2.11. The van der Waals surface area contributed by atoms with E-state index in [0.717, 1.165) is 6.07 Å². The summed E-state index contributed by atoms with van der Waals surface area (Å²) in [5.74, 6) is -3.29. The molecule has 0 aliphatic rings. The number of hydrogen-bond acceptors (Lipinski definition) is 2. The van der Waals surface area contributed by atoms with Crippen molar-refractivity contribution in [1.29, 1.82) is 0 Å². The highest BCUT2D eigenvalue weighted by molar-refractivity contribution is 5.89. The van der Waals surface area contributed by atoms with Gasteiger partial charge in [-0.1, -0.05) is 0 Å². The molecule has 1 aromatic rings. The lowest BCUT2D eigenvalue weighted by atomic mass is 10.1. The van der Waals surface area contributed by atoms with Crippen LogP contribution in [0.5, 0.6) is 0 Å². The number of carboxylic acid groups (broad SMARTS) is 1. The predicted molar refractivity (Wildman–Crippen MR) is 52.1 cm³/mol. The first-order valence-corrected chi connectivity index (χ1v) is 4.40. The molecule has 0 heterocycles. The fraction of sp³-hybridized carbons (Fsp3) is 0.300. The molecule has 0 atom stereocenters. The van der Waals surface area contributed by atoms with E-state index in [9.17, 15) is 13.6 Å². The van der Waals surface area contributed by atoms with Crippen LogP contribution < -0.4 is 5.32 Å². The lowest BCUT2D eigenvalue weighted by molar-refractivity contribution is 0.0692. The Morgan fingerprint density at radius 1 is 1.33 bits per heavy atom. The summed E-state index contributed by atoms with van der Waals surface area (Å²) in [5.41, 5.74) is -0.552. The van der Waals surface area contributed by atoms with E-state index in [0.29, 0.717) is 6.07 Å². The van der Waals surface area contributed by atoms with Gasteiger partial charge in [0.05, 0.1) is 11.3 Å². The van der Waals surface area contributed by atoms with Crippen molar-refractivity contribution < 1.29 is 18.7 Å². The second kappa shape index (κ2) is 4.25. The molecule has 3 nitrogen and oxygen atoms in total. The Hall–Kier alpha value is -1.65. The lowest BCUT2D eigenvalue weighted by Crippen LogP contribution is -2.13. The number of nitrogens with one attached hydrogen (secondary N) is 1. The zero-order valence-electron chi connectivity index (χ0n) is 8.34. The molecule has 1 rings (SSSR count). The van der Waals surface area contributed by atoms with Gasteiger partial charge in [-0.2, -0.15) is 0 Å². The fourth-order valence-corrected chi connectivity index (χ4v) is 1.13. The molecule has 0 saturated carbocycles.